The van der Waals surface area contributed by atoms with Crippen molar-refractivity contribution in [2.24, 2.45) is 11.8 Å². The summed E-state index contributed by atoms with van der Waals surface area (Å²) in [6.45, 7) is 6.38. The van der Waals surface area contributed by atoms with E-state index in [0.717, 1.165) is 19.3 Å². The highest BCUT2D eigenvalue weighted by atomic mass is 19.2. The van der Waals surface area contributed by atoms with Gasteiger partial charge in [0, 0.05) is 0 Å². The highest BCUT2D eigenvalue weighted by Crippen LogP contribution is 2.34. The molecule has 0 aliphatic heterocycles. The molecule has 1 aliphatic rings. The van der Waals surface area contributed by atoms with Crippen molar-refractivity contribution in [3.05, 3.63) is 23.3 Å². The van der Waals surface area contributed by atoms with Crippen molar-refractivity contribution in [2.45, 2.75) is 52.9 Å². The predicted molar refractivity (Wildman–Crippen MR) is 64.4 cm³/mol. The van der Waals surface area contributed by atoms with Crippen LogP contribution in [0.25, 0.3) is 0 Å². The average Bonchev–Trinajstić information content (AvgIpc) is 2.29. The largest absolute Gasteiger partial charge is 0.204 e. The van der Waals surface area contributed by atoms with Crippen molar-refractivity contribution >= 4 is 0 Å². The van der Waals surface area contributed by atoms with Gasteiger partial charge in [-0.2, -0.15) is 0 Å². The van der Waals surface area contributed by atoms with Crippen molar-refractivity contribution in [2.75, 3.05) is 0 Å². The molecule has 2 heteroatoms. The van der Waals surface area contributed by atoms with Crippen LogP contribution >= 0.6 is 0 Å². The van der Waals surface area contributed by atoms with Gasteiger partial charge in [0.05, 0.1) is 0 Å². The molecule has 0 bridgehead atoms. The third-order valence-corrected chi connectivity index (χ3v) is 3.61. The Hall–Kier alpha value is -0.660. The SMILES string of the molecule is CCC(C)CCC(C)C1=C(F)C(F)=CCC1. The molecular weight excluding hydrogens is 206 g/mol. The van der Waals surface area contributed by atoms with Gasteiger partial charge in [0.2, 0.25) is 0 Å². The Labute approximate surface area is 97.4 Å². The number of rotatable bonds is 5. The van der Waals surface area contributed by atoms with E-state index in [0.29, 0.717) is 24.3 Å². The molecule has 92 valence electrons. The summed E-state index contributed by atoms with van der Waals surface area (Å²) in [6.07, 6.45) is 5.89. The van der Waals surface area contributed by atoms with Crippen LogP contribution in [-0.4, -0.2) is 0 Å². The van der Waals surface area contributed by atoms with Gasteiger partial charge >= 0.3 is 0 Å². The topological polar surface area (TPSA) is 0 Å². The molecule has 0 aromatic heterocycles. The molecule has 0 N–H and O–H groups in total. The van der Waals surface area contributed by atoms with Gasteiger partial charge in [0.1, 0.15) is 0 Å². The monoisotopic (exact) mass is 228 g/mol. The third kappa shape index (κ3) is 3.43. The zero-order valence-electron chi connectivity index (χ0n) is 10.5. The Kier molecular flexibility index (Phi) is 5.17. The van der Waals surface area contributed by atoms with Crippen molar-refractivity contribution < 1.29 is 8.78 Å². The van der Waals surface area contributed by atoms with Crippen LogP contribution in [0.15, 0.2) is 23.3 Å². The fraction of sp³-hybridized carbons (Fsp3) is 0.714. The first-order valence-electron chi connectivity index (χ1n) is 6.30. The quantitative estimate of drug-likeness (QED) is 0.597. The highest BCUT2D eigenvalue weighted by Gasteiger charge is 2.20. The predicted octanol–water partition coefficient (Wildman–Crippen LogP) is 5.32. The van der Waals surface area contributed by atoms with Crippen LogP contribution in [0.4, 0.5) is 8.78 Å². The van der Waals surface area contributed by atoms with Gasteiger partial charge < -0.3 is 0 Å². The minimum absolute atomic E-state index is 0.174. The Morgan fingerprint density at radius 3 is 2.56 bits per heavy atom. The van der Waals surface area contributed by atoms with Crippen molar-refractivity contribution in [3.8, 4) is 0 Å². The summed E-state index contributed by atoms with van der Waals surface area (Å²) in [5, 5.41) is 0. The summed E-state index contributed by atoms with van der Waals surface area (Å²) in [6, 6.07) is 0. The molecule has 0 fully saturated rings. The first-order chi connectivity index (χ1) is 7.56. The second-order valence-corrected chi connectivity index (χ2v) is 4.92. The van der Waals surface area contributed by atoms with E-state index in [1.807, 2.05) is 6.92 Å². The zero-order chi connectivity index (χ0) is 12.1. The number of hydrogen-bond acceptors (Lipinski definition) is 0. The summed E-state index contributed by atoms with van der Waals surface area (Å²) >= 11 is 0. The van der Waals surface area contributed by atoms with Gasteiger partial charge in [0.15, 0.2) is 11.7 Å². The lowest BCUT2D eigenvalue weighted by Crippen LogP contribution is -2.07. The van der Waals surface area contributed by atoms with Crippen LogP contribution in [0.2, 0.25) is 0 Å². The lowest BCUT2D eigenvalue weighted by atomic mass is 9.87. The standard InChI is InChI=1S/C14H22F2/c1-4-10(2)8-9-11(3)12-6-5-7-13(15)14(12)16/h7,10-11H,4-6,8-9H2,1-3H3. The fourth-order valence-electron chi connectivity index (χ4n) is 2.08. The molecule has 1 rings (SSSR count). The Morgan fingerprint density at radius 2 is 1.94 bits per heavy atom. The number of hydrogen-bond donors (Lipinski definition) is 0. The summed E-state index contributed by atoms with van der Waals surface area (Å²) < 4.78 is 26.6. The maximum absolute atomic E-state index is 13.5. The van der Waals surface area contributed by atoms with Crippen LogP contribution in [0, 0.1) is 11.8 Å². The first kappa shape index (κ1) is 13.4. The number of halogens is 2. The van der Waals surface area contributed by atoms with E-state index in [9.17, 15) is 8.78 Å². The lowest BCUT2D eigenvalue weighted by Gasteiger charge is -2.20. The minimum atomic E-state index is -0.656. The molecule has 0 amide bonds. The Morgan fingerprint density at radius 1 is 1.25 bits per heavy atom. The van der Waals surface area contributed by atoms with E-state index in [4.69, 9.17) is 0 Å². The second kappa shape index (κ2) is 6.17. The van der Waals surface area contributed by atoms with Crippen molar-refractivity contribution in [1.82, 2.24) is 0 Å². The minimum Gasteiger partial charge on any atom is -0.204 e. The van der Waals surface area contributed by atoms with E-state index >= 15 is 0 Å². The van der Waals surface area contributed by atoms with Crippen molar-refractivity contribution in [3.63, 3.8) is 0 Å². The van der Waals surface area contributed by atoms with Crippen LogP contribution in [0.3, 0.4) is 0 Å². The molecule has 2 unspecified atom stereocenters. The molecule has 0 spiro atoms. The second-order valence-electron chi connectivity index (χ2n) is 4.92. The summed E-state index contributed by atoms with van der Waals surface area (Å²) in [5.41, 5.74) is 0.684. The molecule has 0 nitrogen and oxygen atoms in total. The first-order valence-corrected chi connectivity index (χ1v) is 6.30. The van der Waals surface area contributed by atoms with E-state index < -0.39 is 11.7 Å². The van der Waals surface area contributed by atoms with E-state index in [-0.39, 0.29) is 5.92 Å². The van der Waals surface area contributed by atoms with Gasteiger partial charge in [-0.3, -0.25) is 0 Å². The molecule has 0 heterocycles. The summed E-state index contributed by atoms with van der Waals surface area (Å²) in [4.78, 5) is 0. The average molecular weight is 228 g/mol. The van der Waals surface area contributed by atoms with E-state index in [1.165, 1.54) is 6.08 Å². The molecule has 0 saturated carbocycles. The fourth-order valence-corrected chi connectivity index (χ4v) is 2.08. The van der Waals surface area contributed by atoms with Crippen LogP contribution in [-0.2, 0) is 0 Å². The van der Waals surface area contributed by atoms with Gasteiger partial charge in [-0.05, 0) is 42.7 Å². The lowest BCUT2D eigenvalue weighted by molar-refractivity contribution is 0.427. The third-order valence-electron chi connectivity index (χ3n) is 3.61. The summed E-state index contributed by atoms with van der Waals surface area (Å²) in [5.74, 6) is -0.400. The highest BCUT2D eigenvalue weighted by molar-refractivity contribution is 5.30. The molecular formula is C14H22F2. The van der Waals surface area contributed by atoms with Gasteiger partial charge in [-0.25, -0.2) is 8.78 Å². The Bertz CT molecular complexity index is 289. The molecule has 1 aliphatic carbocycles. The smallest absolute Gasteiger partial charge is 0.157 e. The molecule has 0 aromatic carbocycles. The molecule has 0 radical (unpaired) electrons. The van der Waals surface area contributed by atoms with Gasteiger partial charge in [0.25, 0.3) is 0 Å². The van der Waals surface area contributed by atoms with Crippen molar-refractivity contribution in [1.29, 1.82) is 0 Å². The molecule has 2 atom stereocenters. The maximum atomic E-state index is 13.5. The molecule has 16 heavy (non-hydrogen) atoms. The molecule has 0 aromatic rings. The zero-order valence-corrected chi connectivity index (χ0v) is 10.5. The van der Waals surface area contributed by atoms with Gasteiger partial charge in [-0.15, -0.1) is 0 Å². The normalized spacial score (nSPS) is 20.7. The van der Waals surface area contributed by atoms with E-state index in [1.54, 1.807) is 0 Å². The summed E-state index contributed by atoms with van der Waals surface area (Å²) in [7, 11) is 0. The van der Waals surface area contributed by atoms with E-state index in [2.05, 4.69) is 13.8 Å². The maximum Gasteiger partial charge on any atom is 0.157 e. The molecule has 0 saturated heterocycles. The Balaban J connectivity index is 2.56. The van der Waals surface area contributed by atoms with Crippen LogP contribution in [0.1, 0.15) is 52.9 Å². The van der Waals surface area contributed by atoms with Crippen LogP contribution in [0.5, 0.6) is 0 Å². The number of allylic oxidation sites excluding steroid dienone is 4. The van der Waals surface area contributed by atoms with Gasteiger partial charge in [-0.1, -0.05) is 33.6 Å². The van der Waals surface area contributed by atoms with Crippen LogP contribution < -0.4 is 0 Å².